The van der Waals surface area contributed by atoms with Crippen LogP contribution < -0.4 is 0 Å². The van der Waals surface area contributed by atoms with Crippen LogP contribution in [0.2, 0.25) is 0 Å². The molecule has 0 saturated heterocycles. The fourth-order valence-electron chi connectivity index (χ4n) is 0.819. The minimum atomic E-state index is -0.157. The fraction of sp³-hybridized carbons (Fsp3) is 0.800. The Bertz CT molecular complexity index is 179. The molecule has 0 rings (SSSR count). The molecule has 0 aliphatic rings. The highest BCUT2D eigenvalue weighted by Gasteiger charge is 2.16. The molecule has 0 aromatic carbocycles. The highest BCUT2D eigenvalue weighted by molar-refractivity contribution is 14.1. The summed E-state index contributed by atoms with van der Waals surface area (Å²) in [6, 6.07) is 0. The highest BCUT2D eigenvalue weighted by atomic mass is 127. The molecule has 0 aromatic rings. The van der Waals surface area contributed by atoms with Crippen molar-refractivity contribution < 1.29 is 9.47 Å². The van der Waals surface area contributed by atoms with E-state index in [0.717, 1.165) is 13.0 Å². The van der Waals surface area contributed by atoms with E-state index < -0.39 is 0 Å². The van der Waals surface area contributed by atoms with Crippen LogP contribution in [0.1, 0.15) is 27.2 Å². The van der Waals surface area contributed by atoms with Gasteiger partial charge in [0.1, 0.15) is 0 Å². The summed E-state index contributed by atoms with van der Waals surface area (Å²) in [6.07, 6.45) is 0.766. The Morgan fingerprint density at radius 2 is 2.00 bits per heavy atom. The van der Waals surface area contributed by atoms with Gasteiger partial charge in [-0.1, -0.05) is 5.92 Å². The Morgan fingerprint density at radius 1 is 1.31 bits per heavy atom. The topological polar surface area (TPSA) is 18.5 Å². The van der Waals surface area contributed by atoms with E-state index in [0.29, 0.717) is 13.2 Å². The Kier molecular flexibility index (Phi) is 7.72. The third-order valence-electron chi connectivity index (χ3n) is 1.51. The molecule has 13 heavy (non-hydrogen) atoms. The monoisotopic (exact) mass is 296 g/mol. The second-order valence-corrected chi connectivity index (χ2v) is 3.79. The van der Waals surface area contributed by atoms with Gasteiger partial charge in [0.05, 0.1) is 18.8 Å². The van der Waals surface area contributed by atoms with Gasteiger partial charge in [0.25, 0.3) is 0 Å². The molecule has 0 radical (unpaired) electrons. The summed E-state index contributed by atoms with van der Waals surface area (Å²) in [5.41, 5.74) is -0.157. The lowest BCUT2D eigenvalue weighted by Gasteiger charge is -2.22. The van der Waals surface area contributed by atoms with Gasteiger partial charge in [-0.25, -0.2) is 0 Å². The van der Waals surface area contributed by atoms with Crippen LogP contribution in [0.15, 0.2) is 0 Å². The first kappa shape index (κ1) is 13.2. The van der Waals surface area contributed by atoms with Crippen molar-refractivity contribution in [1.29, 1.82) is 0 Å². The van der Waals surface area contributed by atoms with E-state index in [2.05, 4.69) is 9.85 Å². The second-order valence-electron chi connectivity index (χ2n) is 3.25. The Hall–Kier alpha value is 0.210. The molecule has 0 unspecified atom stereocenters. The number of halogens is 1. The molecule has 0 N–H and O–H groups in total. The maximum Gasteiger partial charge on any atom is 0.0736 e. The van der Waals surface area contributed by atoms with Crippen molar-refractivity contribution in [3.63, 3.8) is 0 Å². The third-order valence-corrected chi connectivity index (χ3v) is 1.89. The number of rotatable bonds is 6. The molecule has 0 amide bonds. The number of ether oxygens (including phenoxy) is 2. The molecule has 0 aliphatic carbocycles. The van der Waals surface area contributed by atoms with Gasteiger partial charge in [0.15, 0.2) is 0 Å². The lowest BCUT2D eigenvalue weighted by atomic mass is 10.1. The maximum absolute atomic E-state index is 5.60. The summed E-state index contributed by atoms with van der Waals surface area (Å²) in [6.45, 7) is 8.12. The molecule has 76 valence electrons. The minimum absolute atomic E-state index is 0.157. The van der Waals surface area contributed by atoms with E-state index in [-0.39, 0.29) is 5.60 Å². The van der Waals surface area contributed by atoms with E-state index >= 15 is 0 Å². The van der Waals surface area contributed by atoms with Gasteiger partial charge in [0.2, 0.25) is 0 Å². The lowest BCUT2D eigenvalue weighted by Crippen LogP contribution is -2.25. The van der Waals surface area contributed by atoms with Crippen molar-refractivity contribution in [3.05, 3.63) is 0 Å². The minimum Gasteiger partial charge on any atom is -0.379 e. The first-order valence-corrected chi connectivity index (χ1v) is 5.50. The molecule has 0 fully saturated rings. The van der Waals surface area contributed by atoms with Crippen molar-refractivity contribution in [2.45, 2.75) is 32.8 Å². The van der Waals surface area contributed by atoms with Gasteiger partial charge in [-0.15, -0.1) is 0 Å². The average molecular weight is 296 g/mol. The number of hydrogen-bond donors (Lipinski definition) is 0. The van der Waals surface area contributed by atoms with E-state index in [1.807, 2.05) is 43.4 Å². The van der Waals surface area contributed by atoms with E-state index in [4.69, 9.17) is 9.47 Å². The molecule has 0 aromatic heterocycles. The summed E-state index contributed by atoms with van der Waals surface area (Å²) >= 11 is 2.04. The molecule has 0 heterocycles. The van der Waals surface area contributed by atoms with E-state index in [1.54, 1.807) is 0 Å². The van der Waals surface area contributed by atoms with Crippen molar-refractivity contribution in [3.8, 4) is 9.85 Å². The summed E-state index contributed by atoms with van der Waals surface area (Å²) in [7, 11) is 0. The average Bonchev–Trinajstić information content (AvgIpc) is 2.09. The molecule has 0 spiro atoms. The molecular weight excluding hydrogens is 279 g/mol. The highest BCUT2D eigenvalue weighted by Crippen LogP contribution is 2.13. The van der Waals surface area contributed by atoms with Gasteiger partial charge in [-0.3, -0.25) is 0 Å². The third kappa shape index (κ3) is 8.54. The largest absolute Gasteiger partial charge is 0.379 e. The lowest BCUT2D eigenvalue weighted by molar-refractivity contribution is -0.0412. The van der Waals surface area contributed by atoms with Crippen molar-refractivity contribution in [2.75, 3.05) is 19.8 Å². The zero-order valence-electron chi connectivity index (χ0n) is 8.52. The van der Waals surface area contributed by atoms with Crippen molar-refractivity contribution in [1.82, 2.24) is 0 Å². The SMILES string of the molecule is CCOCCOC(C)(C)CC#CI. The Morgan fingerprint density at radius 3 is 2.54 bits per heavy atom. The maximum atomic E-state index is 5.60. The Labute approximate surface area is 94.5 Å². The van der Waals surface area contributed by atoms with E-state index in [9.17, 15) is 0 Å². The van der Waals surface area contributed by atoms with Gasteiger partial charge >= 0.3 is 0 Å². The molecule has 2 nitrogen and oxygen atoms in total. The summed E-state index contributed by atoms with van der Waals surface area (Å²) in [5, 5.41) is 0. The van der Waals surface area contributed by atoms with Crippen LogP contribution in [0, 0.1) is 9.85 Å². The molecule has 3 heteroatoms. The normalized spacial score (nSPS) is 10.8. The molecule has 0 atom stereocenters. The first-order chi connectivity index (χ1) is 6.12. The van der Waals surface area contributed by atoms with Crippen molar-refractivity contribution in [2.24, 2.45) is 0 Å². The predicted octanol–water partition coefficient (Wildman–Crippen LogP) is 2.60. The van der Waals surface area contributed by atoms with Crippen LogP contribution >= 0.6 is 22.6 Å². The predicted molar refractivity (Wildman–Crippen MR) is 62.9 cm³/mol. The second kappa shape index (κ2) is 7.60. The van der Waals surface area contributed by atoms with Gasteiger partial charge in [0, 0.05) is 35.6 Å². The molecular formula is C10H17IO2. The quantitative estimate of drug-likeness (QED) is 0.426. The Balaban J connectivity index is 3.54. The first-order valence-electron chi connectivity index (χ1n) is 4.42. The van der Waals surface area contributed by atoms with E-state index in [1.165, 1.54) is 0 Å². The van der Waals surface area contributed by atoms with Crippen molar-refractivity contribution >= 4 is 22.6 Å². The summed E-state index contributed by atoms with van der Waals surface area (Å²) in [4.78, 5) is 0. The van der Waals surface area contributed by atoms with Crippen LogP contribution in [0.4, 0.5) is 0 Å². The van der Waals surface area contributed by atoms with Gasteiger partial charge in [-0.2, -0.15) is 0 Å². The van der Waals surface area contributed by atoms with Crippen LogP contribution in [0.5, 0.6) is 0 Å². The molecule has 0 bridgehead atoms. The van der Waals surface area contributed by atoms with Crippen LogP contribution in [-0.2, 0) is 9.47 Å². The zero-order valence-corrected chi connectivity index (χ0v) is 10.7. The summed E-state index contributed by atoms with van der Waals surface area (Å²) < 4.78 is 13.6. The van der Waals surface area contributed by atoms with Crippen LogP contribution in [0.3, 0.4) is 0 Å². The molecule has 0 saturated carbocycles. The van der Waals surface area contributed by atoms with Crippen LogP contribution in [-0.4, -0.2) is 25.4 Å². The van der Waals surface area contributed by atoms with Crippen LogP contribution in [0.25, 0.3) is 0 Å². The zero-order chi connectivity index (χ0) is 10.2. The standard InChI is InChI=1S/C10H17IO2/c1-4-12-8-9-13-10(2,3)6-5-7-11/h4,6,8-9H2,1-3H3. The smallest absolute Gasteiger partial charge is 0.0736 e. The fourth-order valence-corrected chi connectivity index (χ4v) is 1.01. The van der Waals surface area contributed by atoms with Gasteiger partial charge in [-0.05, 0) is 24.7 Å². The summed E-state index contributed by atoms with van der Waals surface area (Å²) in [5.74, 6) is 3.00. The van der Waals surface area contributed by atoms with Gasteiger partial charge < -0.3 is 9.47 Å². The molecule has 0 aliphatic heterocycles. The number of hydrogen-bond acceptors (Lipinski definition) is 2.